The largest absolute Gasteiger partial charge is 0.325 e. The van der Waals surface area contributed by atoms with Gasteiger partial charge in [-0.3, -0.25) is 0 Å². The summed E-state index contributed by atoms with van der Waals surface area (Å²) in [5.41, 5.74) is 7.97. The van der Waals surface area contributed by atoms with E-state index in [1.165, 1.54) is 37.7 Å². The van der Waals surface area contributed by atoms with Crippen LogP contribution in [-0.2, 0) is 0 Å². The molecule has 1 fully saturated rings. The van der Waals surface area contributed by atoms with Crippen LogP contribution in [0.2, 0.25) is 0 Å². The number of benzene rings is 1. The lowest BCUT2D eigenvalue weighted by Crippen LogP contribution is -2.46. The Balaban J connectivity index is 0.00000128. The molecule has 2 N–H and O–H groups in total. The molecule has 90 valence electrons. The van der Waals surface area contributed by atoms with Gasteiger partial charge < -0.3 is 5.73 Å². The maximum Gasteiger partial charge on any atom is 0.0221 e. The van der Waals surface area contributed by atoms with Gasteiger partial charge in [-0.25, -0.2) is 0 Å². The molecule has 2 rings (SSSR count). The van der Waals surface area contributed by atoms with Crippen LogP contribution in [0.15, 0.2) is 30.3 Å². The fourth-order valence-corrected chi connectivity index (χ4v) is 2.72. The summed E-state index contributed by atoms with van der Waals surface area (Å²) in [4.78, 5) is 0. The minimum absolute atomic E-state index is 0. The Morgan fingerprint density at radius 3 is 2.19 bits per heavy atom. The summed E-state index contributed by atoms with van der Waals surface area (Å²) >= 11 is 0. The van der Waals surface area contributed by atoms with Crippen molar-refractivity contribution in [1.82, 2.24) is 0 Å². The van der Waals surface area contributed by atoms with Crippen LogP contribution in [-0.4, -0.2) is 5.54 Å². The van der Waals surface area contributed by atoms with Crippen LogP contribution < -0.4 is 5.73 Å². The average molecular weight is 240 g/mol. The van der Waals surface area contributed by atoms with E-state index in [1.807, 2.05) is 0 Å². The summed E-state index contributed by atoms with van der Waals surface area (Å²) in [5, 5.41) is 0. The fraction of sp³-hybridized carbons (Fsp3) is 0.571. The molecule has 0 saturated heterocycles. The third kappa shape index (κ3) is 2.78. The van der Waals surface area contributed by atoms with Crippen molar-refractivity contribution in [1.29, 1.82) is 0 Å². The zero-order valence-electron chi connectivity index (χ0n) is 9.99. The van der Waals surface area contributed by atoms with Crippen molar-refractivity contribution in [3.63, 3.8) is 0 Å². The van der Waals surface area contributed by atoms with Crippen LogP contribution in [0.5, 0.6) is 0 Å². The quantitative estimate of drug-likeness (QED) is 0.833. The molecule has 1 saturated carbocycles. The Labute approximate surface area is 105 Å². The molecular weight excluding hydrogens is 218 g/mol. The minimum atomic E-state index is 0. The van der Waals surface area contributed by atoms with E-state index in [1.54, 1.807) is 0 Å². The number of hydrogen-bond donors (Lipinski definition) is 1. The molecule has 2 heteroatoms. The van der Waals surface area contributed by atoms with Gasteiger partial charge in [-0.2, -0.15) is 0 Å². The lowest BCUT2D eigenvalue weighted by Gasteiger charge is -2.39. The molecule has 0 aromatic heterocycles. The first kappa shape index (κ1) is 13.5. The van der Waals surface area contributed by atoms with E-state index in [9.17, 15) is 0 Å². The maximum absolute atomic E-state index is 6.53. The molecule has 0 amide bonds. The van der Waals surface area contributed by atoms with Crippen LogP contribution in [0, 0.1) is 0 Å². The van der Waals surface area contributed by atoms with Crippen LogP contribution >= 0.6 is 12.4 Å². The van der Waals surface area contributed by atoms with Crippen LogP contribution in [0.3, 0.4) is 0 Å². The monoisotopic (exact) mass is 239 g/mol. The van der Waals surface area contributed by atoms with Crippen molar-refractivity contribution >= 4 is 12.4 Å². The van der Waals surface area contributed by atoms with E-state index in [0.29, 0.717) is 5.92 Å². The van der Waals surface area contributed by atoms with Crippen molar-refractivity contribution in [2.75, 3.05) is 0 Å². The molecule has 0 radical (unpaired) electrons. The molecule has 1 aliphatic carbocycles. The first-order valence-corrected chi connectivity index (χ1v) is 6.06. The Morgan fingerprint density at radius 2 is 1.62 bits per heavy atom. The Bertz CT molecular complexity index is 304. The zero-order valence-corrected chi connectivity index (χ0v) is 10.8. The second-order valence-electron chi connectivity index (χ2n) is 4.93. The van der Waals surface area contributed by atoms with E-state index in [-0.39, 0.29) is 17.9 Å². The highest BCUT2D eigenvalue weighted by molar-refractivity contribution is 5.85. The maximum atomic E-state index is 6.53. The van der Waals surface area contributed by atoms with Crippen LogP contribution in [0.25, 0.3) is 0 Å². The molecule has 0 heterocycles. The summed E-state index contributed by atoms with van der Waals surface area (Å²) in [6.07, 6.45) is 6.33. The smallest absolute Gasteiger partial charge is 0.0221 e. The van der Waals surface area contributed by atoms with Gasteiger partial charge in [0.2, 0.25) is 0 Å². The van der Waals surface area contributed by atoms with Gasteiger partial charge in [-0.05, 0) is 24.3 Å². The minimum Gasteiger partial charge on any atom is -0.325 e. The number of rotatable bonds is 2. The van der Waals surface area contributed by atoms with Crippen molar-refractivity contribution in [3.8, 4) is 0 Å². The van der Waals surface area contributed by atoms with Crippen LogP contribution in [0.4, 0.5) is 0 Å². The standard InChI is InChI=1S/C14H21N.ClH/c1-12(13-8-4-2-5-9-13)14(15)10-6-3-7-11-14;/h2,4-5,8-9,12H,3,6-7,10-11,15H2,1H3;1H/t12-;/m0./s1. The Hall–Kier alpha value is -0.530. The normalized spacial score (nSPS) is 20.9. The molecule has 16 heavy (non-hydrogen) atoms. The van der Waals surface area contributed by atoms with Crippen LogP contribution in [0.1, 0.15) is 50.5 Å². The van der Waals surface area contributed by atoms with Gasteiger partial charge in [0.15, 0.2) is 0 Å². The Kier molecular flexibility index (Phi) is 4.82. The Morgan fingerprint density at radius 1 is 1.06 bits per heavy atom. The van der Waals surface area contributed by atoms with Gasteiger partial charge in [-0.1, -0.05) is 56.5 Å². The van der Waals surface area contributed by atoms with Gasteiger partial charge >= 0.3 is 0 Å². The van der Waals surface area contributed by atoms with E-state index in [2.05, 4.69) is 37.3 Å². The van der Waals surface area contributed by atoms with Gasteiger partial charge in [0.05, 0.1) is 0 Å². The number of nitrogens with two attached hydrogens (primary N) is 1. The molecular formula is C14H22ClN. The number of hydrogen-bond acceptors (Lipinski definition) is 1. The summed E-state index contributed by atoms with van der Waals surface area (Å²) in [7, 11) is 0. The molecule has 0 bridgehead atoms. The fourth-order valence-electron chi connectivity index (χ4n) is 2.72. The summed E-state index contributed by atoms with van der Waals surface area (Å²) in [6.45, 7) is 2.28. The van der Waals surface area contributed by atoms with Gasteiger partial charge in [0.1, 0.15) is 0 Å². The summed E-state index contributed by atoms with van der Waals surface area (Å²) in [6, 6.07) is 10.7. The van der Waals surface area contributed by atoms with Gasteiger partial charge in [0, 0.05) is 5.54 Å². The molecule has 1 aliphatic rings. The average Bonchev–Trinajstić information content (AvgIpc) is 2.30. The number of halogens is 1. The predicted octanol–water partition coefficient (Wildman–Crippen LogP) is 3.87. The zero-order chi connectivity index (χ0) is 10.7. The molecule has 1 aromatic rings. The highest BCUT2D eigenvalue weighted by Gasteiger charge is 2.33. The lowest BCUT2D eigenvalue weighted by molar-refractivity contribution is 0.256. The molecule has 1 nitrogen and oxygen atoms in total. The van der Waals surface area contributed by atoms with E-state index >= 15 is 0 Å². The third-order valence-corrected chi connectivity index (χ3v) is 3.95. The first-order valence-electron chi connectivity index (χ1n) is 6.06. The van der Waals surface area contributed by atoms with E-state index in [0.717, 1.165) is 0 Å². The summed E-state index contributed by atoms with van der Waals surface area (Å²) in [5.74, 6) is 0.485. The molecule has 1 atom stereocenters. The molecule has 0 aliphatic heterocycles. The van der Waals surface area contributed by atoms with Crippen molar-refractivity contribution in [2.45, 2.75) is 50.5 Å². The van der Waals surface area contributed by atoms with Crippen molar-refractivity contribution in [3.05, 3.63) is 35.9 Å². The highest BCUT2D eigenvalue weighted by atomic mass is 35.5. The topological polar surface area (TPSA) is 26.0 Å². The second kappa shape index (κ2) is 5.70. The first-order chi connectivity index (χ1) is 7.22. The second-order valence-corrected chi connectivity index (χ2v) is 4.93. The highest BCUT2D eigenvalue weighted by Crippen LogP contribution is 2.37. The van der Waals surface area contributed by atoms with Gasteiger partial charge in [-0.15, -0.1) is 12.4 Å². The third-order valence-electron chi connectivity index (χ3n) is 3.95. The molecule has 1 aromatic carbocycles. The predicted molar refractivity (Wildman–Crippen MR) is 72.1 cm³/mol. The molecule has 0 spiro atoms. The van der Waals surface area contributed by atoms with Crippen molar-refractivity contribution in [2.24, 2.45) is 5.73 Å². The van der Waals surface area contributed by atoms with Crippen molar-refractivity contribution < 1.29 is 0 Å². The summed E-state index contributed by atoms with van der Waals surface area (Å²) < 4.78 is 0. The van der Waals surface area contributed by atoms with E-state index < -0.39 is 0 Å². The SMILES string of the molecule is C[C@@H](c1ccccc1)C1(N)CCCCC1.Cl. The van der Waals surface area contributed by atoms with Gasteiger partial charge in [0.25, 0.3) is 0 Å². The van der Waals surface area contributed by atoms with E-state index in [4.69, 9.17) is 5.73 Å². The lowest BCUT2D eigenvalue weighted by atomic mass is 9.72. The molecule has 0 unspecified atom stereocenters.